The molecule has 4 N–H and O–H groups in total. The molecule has 0 saturated heterocycles. The summed E-state index contributed by atoms with van der Waals surface area (Å²) in [6.07, 6.45) is 0. The molecule has 0 aliphatic heterocycles. The number of anilines is 2. The van der Waals surface area contributed by atoms with E-state index in [1.165, 1.54) is 0 Å². The Morgan fingerprint density at radius 1 is 1.30 bits per heavy atom. The van der Waals surface area contributed by atoms with Gasteiger partial charge in [0, 0.05) is 9.26 Å². The maximum atomic E-state index is 5.71. The van der Waals surface area contributed by atoms with Gasteiger partial charge in [0.2, 0.25) is 0 Å². The standard InChI is InChI=1S/C6H6ClIN2/c7-4-1-3(9)2-5(8)6(4)10/h1-2H,9-10H2. The first-order chi connectivity index (χ1) is 4.61. The largest absolute Gasteiger partial charge is 0.399 e. The van der Waals surface area contributed by atoms with Gasteiger partial charge >= 0.3 is 0 Å². The third-order valence-electron chi connectivity index (χ3n) is 1.10. The Hall–Kier alpha value is -0.160. The van der Waals surface area contributed by atoms with Crippen molar-refractivity contribution in [3.8, 4) is 0 Å². The lowest BCUT2D eigenvalue weighted by atomic mass is 10.3. The third-order valence-corrected chi connectivity index (χ3v) is 2.31. The van der Waals surface area contributed by atoms with Gasteiger partial charge in [0.25, 0.3) is 0 Å². The van der Waals surface area contributed by atoms with Crippen LogP contribution < -0.4 is 11.5 Å². The van der Waals surface area contributed by atoms with E-state index in [4.69, 9.17) is 23.1 Å². The van der Waals surface area contributed by atoms with Gasteiger partial charge in [0.05, 0.1) is 10.7 Å². The molecule has 10 heavy (non-hydrogen) atoms. The van der Waals surface area contributed by atoms with Gasteiger partial charge in [-0.1, -0.05) is 11.6 Å². The second-order valence-corrected chi connectivity index (χ2v) is 3.47. The lowest BCUT2D eigenvalue weighted by Gasteiger charge is -2.01. The molecule has 0 radical (unpaired) electrons. The summed E-state index contributed by atoms with van der Waals surface area (Å²) in [6, 6.07) is 3.42. The van der Waals surface area contributed by atoms with E-state index in [9.17, 15) is 0 Å². The van der Waals surface area contributed by atoms with E-state index >= 15 is 0 Å². The normalized spacial score (nSPS) is 9.80. The Bertz CT molecular complexity index is 239. The van der Waals surface area contributed by atoms with E-state index in [0.29, 0.717) is 16.4 Å². The lowest BCUT2D eigenvalue weighted by molar-refractivity contribution is 1.61. The molecule has 0 bridgehead atoms. The van der Waals surface area contributed by atoms with Gasteiger partial charge in [-0.25, -0.2) is 0 Å². The van der Waals surface area contributed by atoms with Crippen LogP contribution in [0.1, 0.15) is 0 Å². The van der Waals surface area contributed by atoms with Crippen LogP contribution in [0.15, 0.2) is 12.1 Å². The predicted octanol–water partition coefficient (Wildman–Crippen LogP) is 2.11. The summed E-state index contributed by atoms with van der Waals surface area (Å²) in [5.41, 5.74) is 12.3. The van der Waals surface area contributed by atoms with Gasteiger partial charge in [-0.15, -0.1) is 0 Å². The van der Waals surface area contributed by atoms with Gasteiger partial charge in [0.1, 0.15) is 0 Å². The summed E-state index contributed by atoms with van der Waals surface area (Å²) >= 11 is 7.80. The number of hydrogen-bond acceptors (Lipinski definition) is 2. The first-order valence-electron chi connectivity index (χ1n) is 2.61. The summed E-state index contributed by atoms with van der Waals surface area (Å²) < 4.78 is 0.891. The third kappa shape index (κ3) is 1.46. The van der Waals surface area contributed by atoms with Gasteiger partial charge in [-0.05, 0) is 34.7 Å². The fraction of sp³-hybridized carbons (Fsp3) is 0. The minimum absolute atomic E-state index is 0.518. The van der Waals surface area contributed by atoms with Crippen molar-refractivity contribution in [3.63, 3.8) is 0 Å². The highest BCUT2D eigenvalue weighted by Gasteiger charge is 2.00. The Morgan fingerprint density at radius 3 is 2.40 bits per heavy atom. The monoisotopic (exact) mass is 268 g/mol. The van der Waals surface area contributed by atoms with Crippen LogP contribution in [0.25, 0.3) is 0 Å². The van der Waals surface area contributed by atoms with E-state index < -0.39 is 0 Å². The van der Waals surface area contributed by atoms with Crippen LogP contribution >= 0.6 is 34.2 Å². The highest BCUT2D eigenvalue weighted by molar-refractivity contribution is 14.1. The number of halogens is 2. The number of rotatable bonds is 0. The lowest BCUT2D eigenvalue weighted by Crippen LogP contribution is -1.93. The first kappa shape index (κ1) is 7.94. The molecular weight excluding hydrogens is 262 g/mol. The summed E-state index contributed by atoms with van der Waals surface area (Å²) in [5, 5.41) is 0.518. The van der Waals surface area contributed by atoms with Crippen LogP contribution in [-0.2, 0) is 0 Å². The molecule has 0 fully saturated rings. The molecule has 0 unspecified atom stereocenters. The van der Waals surface area contributed by atoms with Crippen molar-refractivity contribution in [2.24, 2.45) is 0 Å². The van der Waals surface area contributed by atoms with Crippen molar-refractivity contribution in [1.82, 2.24) is 0 Å². The Labute approximate surface area is 77.7 Å². The molecule has 1 rings (SSSR count). The van der Waals surface area contributed by atoms with E-state index in [1.807, 2.05) is 0 Å². The molecule has 0 amide bonds. The molecule has 0 heterocycles. The van der Waals surface area contributed by atoms with Crippen molar-refractivity contribution in [1.29, 1.82) is 0 Å². The van der Waals surface area contributed by atoms with Crippen LogP contribution in [0.2, 0.25) is 5.02 Å². The van der Waals surface area contributed by atoms with Crippen molar-refractivity contribution < 1.29 is 0 Å². The highest BCUT2D eigenvalue weighted by atomic mass is 127. The second-order valence-electron chi connectivity index (χ2n) is 1.90. The smallest absolute Gasteiger partial charge is 0.0666 e. The van der Waals surface area contributed by atoms with Gasteiger partial charge in [-0.3, -0.25) is 0 Å². The second kappa shape index (κ2) is 2.84. The summed E-state index contributed by atoms with van der Waals surface area (Å²) in [5.74, 6) is 0. The minimum atomic E-state index is 0.518. The van der Waals surface area contributed by atoms with Gasteiger partial charge < -0.3 is 11.5 Å². The zero-order valence-corrected chi connectivity index (χ0v) is 7.98. The average molecular weight is 268 g/mol. The number of nitrogen functional groups attached to an aromatic ring is 2. The quantitative estimate of drug-likeness (QED) is 0.559. The van der Waals surface area contributed by atoms with Gasteiger partial charge in [-0.2, -0.15) is 0 Å². The SMILES string of the molecule is Nc1cc(Cl)c(N)c(I)c1. The Kier molecular flexibility index (Phi) is 2.25. The summed E-state index contributed by atoms with van der Waals surface area (Å²) in [4.78, 5) is 0. The molecule has 0 aliphatic carbocycles. The molecular formula is C6H6ClIN2. The van der Waals surface area contributed by atoms with E-state index in [1.54, 1.807) is 12.1 Å². The highest BCUT2D eigenvalue weighted by Crippen LogP contribution is 2.26. The molecule has 0 spiro atoms. The maximum Gasteiger partial charge on any atom is 0.0666 e. The summed E-state index contributed by atoms with van der Waals surface area (Å²) in [6.45, 7) is 0. The van der Waals surface area contributed by atoms with Crippen LogP contribution in [0.5, 0.6) is 0 Å². The fourth-order valence-corrected chi connectivity index (χ4v) is 1.64. The topological polar surface area (TPSA) is 52.0 Å². The molecule has 54 valence electrons. The first-order valence-corrected chi connectivity index (χ1v) is 4.07. The zero-order chi connectivity index (χ0) is 7.72. The molecule has 0 aliphatic rings. The van der Waals surface area contributed by atoms with Crippen molar-refractivity contribution in [2.45, 2.75) is 0 Å². The van der Waals surface area contributed by atoms with Crippen LogP contribution in [0, 0.1) is 3.57 Å². The molecule has 1 aromatic rings. The minimum Gasteiger partial charge on any atom is -0.399 e. The van der Waals surface area contributed by atoms with Gasteiger partial charge in [0.15, 0.2) is 0 Å². The van der Waals surface area contributed by atoms with E-state index in [-0.39, 0.29) is 0 Å². The molecule has 0 atom stereocenters. The molecule has 0 saturated carbocycles. The van der Waals surface area contributed by atoms with Crippen molar-refractivity contribution in [2.75, 3.05) is 11.5 Å². The number of benzene rings is 1. The average Bonchev–Trinajstić information content (AvgIpc) is 1.82. The van der Waals surface area contributed by atoms with Crippen molar-refractivity contribution in [3.05, 3.63) is 20.7 Å². The van der Waals surface area contributed by atoms with Crippen molar-refractivity contribution >= 4 is 45.6 Å². The summed E-state index contributed by atoms with van der Waals surface area (Å²) in [7, 11) is 0. The fourth-order valence-electron chi connectivity index (χ4n) is 0.604. The number of hydrogen-bond donors (Lipinski definition) is 2. The molecule has 4 heteroatoms. The number of nitrogens with two attached hydrogens (primary N) is 2. The van der Waals surface area contributed by atoms with E-state index in [2.05, 4.69) is 22.6 Å². The maximum absolute atomic E-state index is 5.71. The Morgan fingerprint density at radius 2 is 1.90 bits per heavy atom. The molecule has 0 aromatic heterocycles. The molecule has 2 nitrogen and oxygen atoms in total. The van der Waals surface area contributed by atoms with Crippen LogP contribution in [0.4, 0.5) is 11.4 Å². The zero-order valence-electron chi connectivity index (χ0n) is 5.07. The van der Waals surface area contributed by atoms with Crippen LogP contribution in [0.3, 0.4) is 0 Å². The van der Waals surface area contributed by atoms with Crippen LogP contribution in [-0.4, -0.2) is 0 Å². The Balaban J connectivity index is 3.31. The van der Waals surface area contributed by atoms with E-state index in [0.717, 1.165) is 3.57 Å². The predicted molar refractivity (Wildman–Crippen MR) is 53.0 cm³/mol. The molecule has 1 aromatic carbocycles.